The number of rotatable bonds is 2. The van der Waals surface area contributed by atoms with Crippen molar-refractivity contribution in [3.63, 3.8) is 0 Å². The van der Waals surface area contributed by atoms with Crippen LogP contribution in [0.2, 0.25) is 0 Å². The van der Waals surface area contributed by atoms with Crippen LogP contribution in [0.3, 0.4) is 0 Å². The van der Waals surface area contributed by atoms with E-state index in [1.807, 2.05) is 6.92 Å². The van der Waals surface area contributed by atoms with E-state index in [0.717, 1.165) is 4.90 Å². The number of piperidine rings is 2. The number of hydrogen-bond acceptors (Lipinski definition) is 3. The Morgan fingerprint density at radius 2 is 2.00 bits per heavy atom. The molecule has 0 bridgehead atoms. The first-order chi connectivity index (χ1) is 11.4. The van der Waals surface area contributed by atoms with Gasteiger partial charge in [0.1, 0.15) is 0 Å². The molecule has 0 saturated carbocycles. The van der Waals surface area contributed by atoms with Gasteiger partial charge in [-0.25, -0.2) is 8.78 Å². The van der Waals surface area contributed by atoms with Gasteiger partial charge in [-0.15, -0.1) is 0 Å². The lowest BCUT2D eigenvalue weighted by molar-refractivity contribution is -0.165. The minimum Gasteiger partial charge on any atom is -0.342 e. The van der Waals surface area contributed by atoms with Crippen molar-refractivity contribution in [2.24, 2.45) is 5.41 Å². The van der Waals surface area contributed by atoms with E-state index >= 15 is 0 Å². The van der Waals surface area contributed by atoms with Gasteiger partial charge in [0.2, 0.25) is 5.91 Å². The Balaban J connectivity index is 1.90. The fourth-order valence-corrected chi connectivity index (χ4v) is 3.89. The second kappa shape index (κ2) is 6.11. The third-order valence-corrected chi connectivity index (χ3v) is 4.93. The number of nitrogens with zero attached hydrogens (tertiary/aromatic N) is 3. The topological polar surface area (TPSA) is 53.5 Å². The van der Waals surface area contributed by atoms with Crippen LogP contribution in [0.25, 0.3) is 0 Å². The standard InChI is InChI=1S/C17H21F2N3O2/c1-2-21-9-3-6-16(15(21)24)10-17(18,19)12-22(11-16)14(23)13-4-7-20-8-5-13/h4-5,7-8H,2-3,6,9-12H2,1H3/t16-/m0/s1. The summed E-state index contributed by atoms with van der Waals surface area (Å²) in [6, 6.07) is 3.01. The van der Waals surface area contributed by atoms with E-state index in [1.165, 1.54) is 24.5 Å². The number of alkyl halides is 2. The molecule has 0 aromatic carbocycles. The van der Waals surface area contributed by atoms with Crippen molar-refractivity contribution in [2.45, 2.75) is 32.1 Å². The van der Waals surface area contributed by atoms with Crippen LogP contribution in [0.5, 0.6) is 0 Å². The number of pyridine rings is 1. The fourth-order valence-electron chi connectivity index (χ4n) is 3.89. The molecule has 5 nitrogen and oxygen atoms in total. The molecule has 2 amide bonds. The molecule has 0 N–H and O–H groups in total. The van der Waals surface area contributed by atoms with Crippen LogP contribution in [0, 0.1) is 5.41 Å². The van der Waals surface area contributed by atoms with Gasteiger partial charge in [0.25, 0.3) is 11.8 Å². The highest BCUT2D eigenvalue weighted by Gasteiger charge is 2.55. The van der Waals surface area contributed by atoms with Crippen LogP contribution in [0.1, 0.15) is 36.5 Å². The zero-order valence-electron chi connectivity index (χ0n) is 13.7. The lowest BCUT2D eigenvalue weighted by atomic mass is 9.71. The summed E-state index contributed by atoms with van der Waals surface area (Å²) in [5.41, 5.74) is -0.855. The zero-order valence-corrected chi connectivity index (χ0v) is 13.7. The van der Waals surface area contributed by atoms with E-state index < -0.39 is 30.2 Å². The highest BCUT2D eigenvalue weighted by atomic mass is 19.3. The number of aromatic nitrogens is 1. The minimum atomic E-state index is -3.06. The normalized spacial score (nSPS) is 26.7. The number of hydrogen-bond donors (Lipinski definition) is 0. The summed E-state index contributed by atoms with van der Waals surface area (Å²) >= 11 is 0. The van der Waals surface area contributed by atoms with Crippen LogP contribution in [0.4, 0.5) is 8.78 Å². The molecule has 1 atom stereocenters. The molecule has 1 aromatic heterocycles. The third-order valence-electron chi connectivity index (χ3n) is 4.93. The fraction of sp³-hybridized carbons (Fsp3) is 0.588. The van der Waals surface area contributed by atoms with Crippen molar-refractivity contribution in [2.75, 3.05) is 26.2 Å². The van der Waals surface area contributed by atoms with Crippen molar-refractivity contribution in [1.82, 2.24) is 14.8 Å². The SMILES string of the molecule is CCN1CCC[C@]2(CN(C(=O)c3ccncc3)CC(F)(F)C2)C1=O. The Morgan fingerprint density at radius 3 is 2.67 bits per heavy atom. The first-order valence-corrected chi connectivity index (χ1v) is 8.23. The minimum absolute atomic E-state index is 0.0546. The van der Waals surface area contributed by atoms with Crippen LogP contribution in [0.15, 0.2) is 24.5 Å². The maximum Gasteiger partial charge on any atom is 0.266 e. The van der Waals surface area contributed by atoms with Crippen LogP contribution >= 0.6 is 0 Å². The molecule has 1 aromatic rings. The summed E-state index contributed by atoms with van der Waals surface area (Å²) in [5.74, 6) is -3.78. The molecule has 3 rings (SSSR count). The maximum absolute atomic E-state index is 14.4. The Hall–Kier alpha value is -2.05. The summed E-state index contributed by atoms with van der Waals surface area (Å²) < 4.78 is 28.8. The van der Waals surface area contributed by atoms with Crippen molar-refractivity contribution >= 4 is 11.8 Å². The summed E-state index contributed by atoms with van der Waals surface area (Å²) in [5, 5.41) is 0. The summed E-state index contributed by atoms with van der Waals surface area (Å²) in [4.78, 5) is 32.0. The van der Waals surface area contributed by atoms with E-state index in [4.69, 9.17) is 0 Å². The Labute approximate surface area is 139 Å². The highest BCUT2D eigenvalue weighted by Crippen LogP contribution is 2.45. The molecule has 0 radical (unpaired) electrons. The summed E-state index contributed by atoms with van der Waals surface area (Å²) in [6.07, 6.45) is 3.52. The largest absolute Gasteiger partial charge is 0.342 e. The molecule has 24 heavy (non-hydrogen) atoms. The van der Waals surface area contributed by atoms with Crippen LogP contribution in [-0.4, -0.2) is 58.7 Å². The van der Waals surface area contributed by atoms with Gasteiger partial charge < -0.3 is 9.80 Å². The first kappa shape index (κ1) is 16.8. The van der Waals surface area contributed by atoms with Gasteiger partial charge in [-0.1, -0.05) is 0 Å². The number of carbonyl (C=O) groups is 2. The van der Waals surface area contributed by atoms with E-state index in [9.17, 15) is 18.4 Å². The molecule has 130 valence electrons. The van der Waals surface area contributed by atoms with Crippen molar-refractivity contribution in [1.29, 1.82) is 0 Å². The quantitative estimate of drug-likeness (QED) is 0.831. The second-order valence-electron chi connectivity index (χ2n) is 6.70. The smallest absolute Gasteiger partial charge is 0.266 e. The van der Waals surface area contributed by atoms with Crippen LogP contribution < -0.4 is 0 Å². The Bertz CT molecular complexity index is 638. The molecular formula is C17H21F2N3O2. The molecule has 3 heterocycles. The lowest BCUT2D eigenvalue weighted by Gasteiger charge is -2.49. The van der Waals surface area contributed by atoms with Gasteiger partial charge in [0.15, 0.2) is 0 Å². The molecule has 0 aliphatic carbocycles. The average Bonchev–Trinajstić information content (AvgIpc) is 2.56. The van der Waals surface area contributed by atoms with E-state index in [-0.39, 0.29) is 12.5 Å². The molecular weight excluding hydrogens is 316 g/mol. The maximum atomic E-state index is 14.4. The molecule has 2 fully saturated rings. The van der Waals surface area contributed by atoms with Gasteiger partial charge in [0.05, 0.1) is 12.0 Å². The van der Waals surface area contributed by atoms with Crippen molar-refractivity contribution in [3.8, 4) is 0 Å². The van der Waals surface area contributed by atoms with Crippen molar-refractivity contribution < 1.29 is 18.4 Å². The monoisotopic (exact) mass is 337 g/mol. The van der Waals surface area contributed by atoms with Gasteiger partial charge in [-0.05, 0) is 31.9 Å². The van der Waals surface area contributed by atoms with Gasteiger partial charge in [0, 0.05) is 44.0 Å². The third kappa shape index (κ3) is 2.99. The molecule has 2 saturated heterocycles. The Kier molecular flexibility index (Phi) is 4.27. The lowest BCUT2D eigenvalue weighted by Crippen LogP contribution is -2.61. The molecule has 0 unspecified atom stereocenters. The molecule has 7 heteroatoms. The first-order valence-electron chi connectivity index (χ1n) is 8.23. The van der Waals surface area contributed by atoms with E-state index in [1.54, 1.807) is 4.90 Å². The predicted octanol–water partition coefficient (Wildman–Crippen LogP) is 2.19. The molecule has 2 aliphatic heterocycles. The highest BCUT2D eigenvalue weighted by molar-refractivity contribution is 5.95. The van der Waals surface area contributed by atoms with E-state index in [2.05, 4.69) is 4.98 Å². The average molecular weight is 337 g/mol. The number of carbonyl (C=O) groups excluding carboxylic acids is 2. The predicted molar refractivity (Wildman–Crippen MR) is 83.6 cm³/mol. The van der Waals surface area contributed by atoms with Crippen molar-refractivity contribution in [3.05, 3.63) is 30.1 Å². The summed E-state index contributed by atoms with van der Waals surface area (Å²) in [7, 11) is 0. The molecule has 2 aliphatic rings. The number of likely N-dealkylation sites (tertiary alicyclic amines) is 2. The zero-order chi connectivity index (χ0) is 17.4. The number of halogens is 2. The summed E-state index contributed by atoms with van der Waals surface area (Å²) in [6.45, 7) is 2.36. The second-order valence-corrected chi connectivity index (χ2v) is 6.70. The molecule has 1 spiro atoms. The van der Waals surface area contributed by atoms with Gasteiger partial charge in [-0.3, -0.25) is 14.6 Å². The number of amides is 2. The van der Waals surface area contributed by atoms with Crippen LogP contribution in [-0.2, 0) is 4.79 Å². The van der Waals surface area contributed by atoms with Gasteiger partial charge >= 0.3 is 0 Å². The Morgan fingerprint density at radius 1 is 1.29 bits per heavy atom. The van der Waals surface area contributed by atoms with Gasteiger partial charge in [-0.2, -0.15) is 0 Å². The van der Waals surface area contributed by atoms with E-state index in [0.29, 0.717) is 31.5 Å².